The number of hydrogen-bond donors (Lipinski definition) is 5. The average molecular weight is 1350 g/mol. The van der Waals surface area contributed by atoms with Crippen molar-refractivity contribution >= 4 is 78.5 Å². The van der Waals surface area contributed by atoms with Gasteiger partial charge in [-0.3, -0.25) is 66.6 Å². The summed E-state index contributed by atoms with van der Waals surface area (Å²) in [5.74, 6) is -8.68. The standard InChI is InChI=1S/C69H117N4O20P/c1-4-7-9-11-13-15-17-19-21-23-25-27-29-31-33-42-68(86)90-55-61(93-69(87)43-34-32-30-28-26-24-22-20-18-16-14-12-10-8-5-2)56-92-94(88,89)91-48-37-40-57(74)39-35-36-41-62(78)70-49-58(75)45-47-65(81)73(54-67(84)85)52-63(79)71-50-59(76)44-46-64(80)72(53-66(82)83)51-60(77)38-6-3/h19-22,61H,4-18,23-56H2,1-3H3,(H,70,78)(H,71,79)(H,82,83)(H,84,85)(H,88,89)/b21-19+,22-20+. The molecule has 0 aromatic rings. The van der Waals surface area contributed by atoms with E-state index in [1.807, 2.05) is 0 Å². The highest BCUT2D eigenvalue weighted by Gasteiger charge is 2.27. The number of Topliss-reactive ketones (excluding diaryl/α,β-unsaturated/α-hetero) is 4. The Bertz CT molecular complexity index is 2310. The Balaban J connectivity index is 4.84. The van der Waals surface area contributed by atoms with E-state index in [0.717, 1.165) is 81.9 Å². The minimum absolute atomic E-state index is 0.0111. The van der Waals surface area contributed by atoms with Crippen LogP contribution in [0, 0.1) is 0 Å². The van der Waals surface area contributed by atoms with E-state index in [2.05, 4.69) is 48.8 Å². The number of amides is 4. The Hall–Kier alpha value is -5.97. The molecule has 0 saturated carbocycles. The third kappa shape index (κ3) is 56.4. The van der Waals surface area contributed by atoms with Gasteiger partial charge in [0.05, 0.1) is 32.8 Å². The van der Waals surface area contributed by atoms with Gasteiger partial charge in [0.15, 0.2) is 23.5 Å². The van der Waals surface area contributed by atoms with Crippen LogP contribution in [0.25, 0.3) is 0 Å². The van der Waals surface area contributed by atoms with Crippen LogP contribution < -0.4 is 10.6 Å². The van der Waals surface area contributed by atoms with Crippen molar-refractivity contribution < 1.29 is 95.7 Å². The third-order valence-corrected chi connectivity index (χ3v) is 16.2. The molecule has 2 atom stereocenters. The van der Waals surface area contributed by atoms with Crippen molar-refractivity contribution in [1.82, 2.24) is 20.4 Å². The number of nitrogens with one attached hydrogen (secondary N) is 2. The monoisotopic (exact) mass is 1350 g/mol. The van der Waals surface area contributed by atoms with Gasteiger partial charge in [-0.2, -0.15) is 0 Å². The maximum absolute atomic E-state index is 12.9. The molecule has 4 amide bonds. The number of carboxylic acids is 2. The van der Waals surface area contributed by atoms with Crippen molar-refractivity contribution in [2.45, 2.75) is 284 Å². The second-order valence-corrected chi connectivity index (χ2v) is 25.6. The zero-order valence-electron chi connectivity index (χ0n) is 57.2. The quantitative estimate of drug-likeness (QED) is 0.0163. The van der Waals surface area contributed by atoms with Gasteiger partial charge in [0.2, 0.25) is 23.6 Å². The Morgan fingerprint density at radius 3 is 1.29 bits per heavy atom. The first kappa shape index (κ1) is 88.0. The van der Waals surface area contributed by atoms with Crippen LogP contribution in [0.2, 0.25) is 0 Å². The normalized spacial score (nSPS) is 12.3. The molecule has 0 aromatic carbocycles. The first-order chi connectivity index (χ1) is 45.1. The number of ketones is 4. The predicted octanol–water partition coefficient (Wildman–Crippen LogP) is 11.7. The molecule has 25 heteroatoms. The fourth-order valence-corrected chi connectivity index (χ4v) is 10.5. The molecule has 0 aliphatic carbocycles. The van der Waals surface area contributed by atoms with E-state index in [4.69, 9.17) is 23.6 Å². The molecule has 2 unspecified atom stereocenters. The molecular weight excluding hydrogens is 1240 g/mol. The fraction of sp³-hybridized carbons (Fsp3) is 0.768. The molecule has 0 spiro atoms. The summed E-state index contributed by atoms with van der Waals surface area (Å²) in [5, 5.41) is 23.1. The van der Waals surface area contributed by atoms with Crippen LogP contribution in [-0.4, -0.2) is 161 Å². The van der Waals surface area contributed by atoms with Crippen molar-refractivity contribution in [3.63, 3.8) is 0 Å². The second kappa shape index (κ2) is 59.5. The van der Waals surface area contributed by atoms with Crippen molar-refractivity contribution in [2.24, 2.45) is 0 Å². The summed E-state index contributed by atoms with van der Waals surface area (Å²) in [7, 11) is -4.70. The van der Waals surface area contributed by atoms with Gasteiger partial charge < -0.3 is 45.0 Å². The summed E-state index contributed by atoms with van der Waals surface area (Å²) >= 11 is 0. The Morgan fingerprint density at radius 2 is 0.809 bits per heavy atom. The molecule has 94 heavy (non-hydrogen) atoms. The molecule has 0 heterocycles. The molecule has 0 saturated heterocycles. The summed E-state index contributed by atoms with van der Waals surface area (Å²) in [6.45, 7) is 0.982. The molecule has 0 aliphatic rings. The number of aliphatic carboxylic acids is 2. The molecular formula is C69H117N4O20P. The zero-order valence-corrected chi connectivity index (χ0v) is 58.1. The highest BCUT2D eigenvalue weighted by molar-refractivity contribution is 7.47. The lowest BCUT2D eigenvalue weighted by molar-refractivity contribution is -0.161. The van der Waals surface area contributed by atoms with Crippen LogP contribution in [0.15, 0.2) is 24.3 Å². The SMILES string of the molecule is CCCCCCCC/C=C/CCCCCCCC(=O)OCC(COP(=O)(O)OCCCC(=O)CCCCC(=O)NCC(=O)CCC(=O)N(CC(=O)O)CC(=O)NCC(=O)CCC(=O)N(CC(=O)O)CC(=O)CCC)OC(=O)CCCCCCC/C=C/CCCCCCCC. The molecule has 0 bridgehead atoms. The number of hydrogen-bond acceptors (Lipinski definition) is 17. The minimum atomic E-state index is -4.70. The van der Waals surface area contributed by atoms with E-state index in [1.54, 1.807) is 6.92 Å². The van der Waals surface area contributed by atoms with E-state index in [0.29, 0.717) is 30.6 Å². The molecule has 538 valence electrons. The van der Waals surface area contributed by atoms with Gasteiger partial charge >= 0.3 is 31.7 Å². The first-order valence-corrected chi connectivity index (χ1v) is 36.5. The fourth-order valence-electron chi connectivity index (χ4n) is 9.76. The van der Waals surface area contributed by atoms with Gasteiger partial charge in [-0.15, -0.1) is 0 Å². The van der Waals surface area contributed by atoms with Gasteiger partial charge in [0, 0.05) is 64.2 Å². The van der Waals surface area contributed by atoms with Gasteiger partial charge in [0.1, 0.15) is 32.0 Å². The maximum Gasteiger partial charge on any atom is 0.472 e. The van der Waals surface area contributed by atoms with Gasteiger partial charge in [-0.05, 0) is 89.9 Å². The lowest BCUT2D eigenvalue weighted by Gasteiger charge is -2.20. The van der Waals surface area contributed by atoms with Gasteiger partial charge in [-0.1, -0.05) is 148 Å². The number of nitrogens with zero attached hydrogens (tertiary/aromatic N) is 2. The van der Waals surface area contributed by atoms with Gasteiger partial charge in [0.25, 0.3) is 0 Å². The highest BCUT2D eigenvalue weighted by atomic mass is 31.2. The van der Waals surface area contributed by atoms with Crippen molar-refractivity contribution in [2.75, 3.05) is 59.1 Å². The van der Waals surface area contributed by atoms with Crippen molar-refractivity contribution in [3.8, 4) is 0 Å². The van der Waals surface area contributed by atoms with Crippen molar-refractivity contribution in [1.29, 1.82) is 0 Å². The van der Waals surface area contributed by atoms with E-state index >= 15 is 0 Å². The number of phosphoric acid groups is 1. The smallest absolute Gasteiger partial charge is 0.472 e. The third-order valence-electron chi connectivity index (χ3n) is 15.2. The van der Waals surface area contributed by atoms with E-state index in [1.165, 1.54) is 77.0 Å². The Labute approximate surface area is 559 Å². The highest BCUT2D eigenvalue weighted by Crippen LogP contribution is 2.43. The number of unbranched alkanes of at least 4 members (excludes halogenated alkanes) is 23. The van der Waals surface area contributed by atoms with Crippen LogP contribution in [-0.2, 0) is 80.6 Å². The second-order valence-electron chi connectivity index (χ2n) is 24.1. The van der Waals surface area contributed by atoms with Crippen LogP contribution in [0.5, 0.6) is 0 Å². The number of ether oxygens (including phenoxy) is 2. The van der Waals surface area contributed by atoms with E-state index < -0.39 is 145 Å². The summed E-state index contributed by atoms with van der Waals surface area (Å²) in [4.78, 5) is 160. The topological polar surface area (TPSA) is 350 Å². The van der Waals surface area contributed by atoms with E-state index in [-0.39, 0.29) is 76.1 Å². The molecule has 0 fully saturated rings. The molecule has 0 aliphatic heterocycles. The molecule has 0 radical (unpaired) electrons. The predicted molar refractivity (Wildman–Crippen MR) is 357 cm³/mol. The van der Waals surface area contributed by atoms with Crippen LogP contribution in [0.4, 0.5) is 0 Å². The summed E-state index contributed by atoms with van der Waals surface area (Å²) < 4.78 is 34.2. The number of rotatable bonds is 66. The largest absolute Gasteiger partial charge is 0.480 e. The molecule has 0 rings (SSSR count). The number of carboxylic acid groups (broad SMARTS) is 2. The number of esters is 2. The lowest BCUT2D eigenvalue weighted by Crippen LogP contribution is -2.44. The number of phosphoric ester groups is 1. The molecule has 24 nitrogen and oxygen atoms in total. The first-order valence-electron chi connectivity index (χ1n) is 35.0. The van der Waals surface area contributed by atoms with Crippen LogP contribution in [0.1, 0.15) is 278 Å². The number of allylic oxidation sites excluding steroid dienone is 4. The van der Waals surface area contributed by atoms with Crippen LogP contribution >= 0.6 is 7.82 Å². The van der Waals surface area contributed by atoms with Crippen LogP contribution in [0.3, 0.4) is 0 Å². The zero-order chi connectivity index (χ0) is 69.9. The molecule has 5 N–H and O–H groups in total. The number of carbonyl (C=O) groups is 12. The van der Waals surface area contributed by atoms with Gasteiger partial charge in [-0.25, -0.2) is 4.57 Å². The summed E-state index contributed by atoms with van der Waals surface area (Å²) in [6, 6.07) is 0. The minimum Gasteiger partial charge on any atom is -0.480 e. The molecule has 0 aromatic heterocycles. The average Bonchev–Trinajstić information content (AvgIpc) is 1.67. The van der Waals surface area contributed by atoms with E-state index in [9.17, 15) is 72.1 Å². The lowest BCUT2D eigenvalue weighted by atomic mass is 10.1. The maximum atomic E-state index is 12.9. The Kier molecular flexibility index (Phi) is 55.7. The van der Waals surface area contributed by atoms with Crippen molar-refractivity contribution in [3.05, 3.63) is 24.3 Å². The number of carbonyl (C=O) groups excluding carboxylic acids is 10. The summed E-state index contributed by atoms with van der Waals surface area (Å²) in [6.07, 6.45) is 36.6. The Morgan fingerprint density at radius 1 is 0.394 bits per heavy atom. The summed E-state index contributed by atoms with van der Waals surface area (Å²) in [5.41, 5.74) is 0.